The summed E-state index contributed by atoms with van der Waals surface area (Å²) >= 11 is 0. The van der Waals surface area contributed by atoms with Crippen LogP contribution in [0.25, 0.3) is 23.2 Å². The van der Waals surface area contributed by atoms with E-state index in [2.05, 4.69) is 39.2 Å². The normalized spacial score (nSPS) is 15.5. The molecule has 1 aliphatic rings. The van der Waals surface area contributed by atoms with Gasteiger partial charge in [-0.1, -0.05) is 54.6 Å². The Balaban J connectivity index is 1.27. The number of amides is 1. The third-order valence-electron chi connectivity index (χ3n) is 5.02. The monoisotopic (exact) mass is 384 g/mol. The fourth-order valence-corrected chi connectivity index (χ4v) is 3.37. The predicted octanol–water partition coefficient (Wildman–Crippen LogP) is 3.50. The first kappa shape index (κ1) is 19.0. The zero-order valence-electron chi connectivity index (χ0n) is 16.3. The molecule has 2 heterocycles. The van der Waals surface area contributed by atoms with Crippen molar-refractivity contribution in [3.05, 3.63) is 84.2 Å². The SMILES string of the molecule is O=C(C=Cc1cnc2ccccc2n1)N1CCN(CC=Cc2ccccc2)CC1. The lowest BCUT2D eigenvalue weighted by atomic mass is 10.2. The summed E-state index contributed by atoms with van der Waals surface area (Å²) in [6, 6.07) is 18.0. The van der Waals surface area contributed by atoms with Gasteiger partial charge in [0.25, 0.3) is 0 Å². The fourth-order valence-electron chi connectivity index (χ4n) is 3.37. The molecule has 0 radical (unpaired) electrons. The van der Waals surface area contributed by atoms with Gasteiger partial charge in [0.2, 0.25) is 5.91 Å². The molecule has 1 aliphatic heterocycles. The Morgan fingerprint density at radius 3 is 2.41 bits per heavy atom. The molecule has 0 N–H and O–H groups in total. The van der Waals surface area contributed by atoms with Crippen LogP contribution >= 0.6 is 0 Å². The van der Waals surface area contributed by atoms with E-state index in [9.17, 15) is 4.79 Å². The van der Waals surface area contributed by atoms with Crippen molar-refractivity contribution in [1.82, 2.24) is 19.8 Å². The van der Waals surface area contributed by atoms with Crippen LogP contribution < -0.4 is 0 Å². The number of hydrogen-bond donors (Lipinski definition) is 0. The van der Waals surface area contributed by atoms with Crippen LogP contribution in [0.1, 0.15) is 11.3 Å². The van der Waals surface area contributed by atoms with Crippen molar-refractivity contribution < 1.29 is 4.79 Å². The van der Waals surface area contributed by atoms with E-state index in [0.717, 1.165) is 43.8 Å². The van der Waals surface area contributed by atoms with Crippen LogP contribution in [-0.4, -0.2) is 58.4 Å². The van der Waals surface area contributed by atoms with Crippen molar-refractivity contribution in [3.63, 3.8) is 0 Å². The summed E-state index contributed by atoms with van der Waals surface area (Å²) in [5.74, 6) is 0.0273. The Kier molecular flexibility index (Phi) is 6.07. The van der Waals surface area contributed by atoms with Crippen molar-refractivity contribution in [1.29, 1.82) is 0 Å². The first-order valence-electron chi connectivity index (χ1n) is 9.91. The van der Waals surface area contributed by atoms with Crippen LogP contribution in [0.15, 0.2) is 72.9 Å². The predicted molar refractivity (Wildman–Crippen MR) is 117 cm³/mol. The molecular weight excluding hydrogens is 360 g/mol. The van der Waals surface area contributed by atoms with E-state index in [4.69, 9.17) is 0 Å². The van der Waals surface area contributed by atoms with Gasteiger partial charge in [-0.05, 0) is 23.8 Å². The van der Waals surface area contributed by atoms with E-state index in [-0.39, 0.29) is 5.91 Å². The lowest BCUT2D eigenvalue weighted by Crippen LogP contribution is -2.48. The van der Waals surface area contributed by atoms with E-state index in [1.807, 2.05) is 47.4 Å². The highest BCUT2D eigenvalue weighted by molar-refractivity contribution is 5.91. The maximum absolute atomic E-state index is 12.5. The summed E-state index contributed by atoms with van der Waals surface area (Å²) in [7, 11) is 0. The number of carbonyl (C=O) groups is 1. The highest BCUT2D eigenvalue weighted by Crippen LogP contribution is 2.10. The number of fused-ring (bicyclic) bond motifs is 1. The van der Waals surface area contributed by atoms with Gasteiger partial charge in [-0.2, -0.15) is 0 Å². The first-order valence-corrected chi connectivity index (χ1v) is 9.91. The third-order valence-corrected chi connectivity index (χ3v) is 5.02. The third kappa shape index (κ3) is 5.15. The smallest absolute Gasteiger partial charge is 0.246 e. The van der Waals surface area contributed by atoms with Gasteiger partial charge < -0.3 is 4.90 Å². The second-order valence-electron chi connectivity index (χ2n) is 7.06. The van der Waals surface area contributed by atoms with Crippen LogP contribution in [-0.2, 0) is 4.79 Å². The van der Waals surface area contributed by atoms with Gasteiger partial charge in [0.15, 0.2) is 0 Å². The number of hydrogen-bond acceptors (Lipinski definition) is 4. The average Bonchev–Trinajstić information content (AvgIpc) is 2.78. The number of aromatic nitrogens is 2. The molecule has 1 aromatic heterocycles. The quantitative estimate of drug-likeness (QED) is 0.632. The fraction of sp³-hybridized carbons (Fsp3) is 0.208. The van der Waals surface area contributed by atoms with Crippen molar-refractivity contribution in [3.8, 4) is 0 Å². The molecule has 2 aromatic carbocycles. The molecule has 1 fully saturated rings. The maximum Gasteiger partial charge on any atom is 0.246 e. The van der Waals surface area contributed by atoms with E-state index in [0.29, 0.717) is 5.69 Å². The van der Waals surface area contributed by atoms with Crippen LogP contribution in [0, 0.1) is 0 Å². The molecule has 0 atom stereocenters. The lowest BCUT2D eigenvalue weighted by molar-refractivity contribution is -0.127. The first-order chi connectivity index (χ1) is 14.3. The lowest BCUT2D eigenvalue weighted by Gasteiger charge is -2.33. The van der Waals surface area contributed by atoms with Crippen molar-refractivity contribution in [2.45, 2.75) is 0 Å². The van der Waals surface area contributed by atoms with E-state index in [1.165, 1.54) is 5.56 Å². The average molecular weight is 384 g/mol. The zero-order chi connectivity index (χ0) is 19.9. The van der Waals surface area contributed by atoms with Crippen LogP contribution in [0.4, 0.5) is 0 Å². The summed E-state index contributed by atoms with van der Waals surface area (Å²) in [5, 5.41) is 0. The summed E-state index contributed by atoms with van der Waals surface area (Å²) in [5.41, 5.74) is 3.60. The molecule has 1 amide bonds. The van der Waals surface area contributed by atoms with E-state index in [1.54, 1.807) is 18.3 Å². The molecular formula is C24H24N4O. The van der Waals surface area contributed by atoms with Crippen molar-refractivity contribution in [2.75, 3.05) is 32.7 Å². The summed E-state index contributed by atoms with van der Waals surface area (Å²) in [6.07, 6.45) is 9.37. The summed E-state index contributed by atoms with van der Waals surface area (Å²) in [6.45, 7) is 4.15. The van der Waals surface area contributed by atoms with Crippen molar-refractivity contribution in [2.24, 2.45) is 0 Å². The van der Waals surface area contributed by atoms with Gasteiger partial charge in [0.05, 0.1) is 22.9 Å². The maximum atomic E-state index is 12.5. The summed E-state index contributed by atoms with van der Waals surface area (Å²) < 4.78 is 0. The molecule has 5 nitrogen and oxygen atoms in total. The van der Waals surface area contributed by atoms with Gasteiger partial charge in [0, 0.05) is 38.8 Å². The number of benzene rings is 2. The molecule has 3 aromatic rings. The van der Waals surface area contributed by atoms with Crippen LogP contribution in [0.5, 0.6) is 0 Å². The molecule has 29 heavy (non-hydrogen) atoms. The van der Waals surface area contributed by atoms with Crippen LogP contribution in [0.3, 0.4) is 0 Å². The van der Waals surface area contributed by atoms with E-state index < -0.39 is 0 Å². The second kappa shape index (κ2) is 9.26. The standard InChI is InChI=1S/C24H24N4O/c29-24(13-12-21-19-25-22-10-4-5-11-23(22)26-21)28-17-15-27(16-18-28)14-6-9-20-7-2-1-3-8-20/h1-13,19H,14-18H2. The molecule has 1 saturated heterocycles. The number of rotatable bonds is 5. The number of nitrogens with zero attached hydrogens (tertiary/aromatic N) is 4. The van der Waals surface area contributed by atoms with Crippen molar-refractivity contribution >= 4 is 29.1 Å². The largest absolute Gasteiger partial charge is 0.337 e. The van der Waals surface area contributed by atoms with Gasteiger partial charge in [-0.3, -0.25) is 14.7 Å². The van der Waals surface area contributed by atoms with Gasteiger partial charge in [0.1, 0.15) is 0 Å². The zero-order valence-corrected chi connectivity index (χ0v) is 16.3. The minimum atomic E-state index is 0.0273. The Labute approximate surface area is 171 Å². The number of piperazine rings is 1. The van der Waals surface area contributed by atoms with E-state index >= 15 is 0 Å². The minimum Gasteiger partial charge on any atom is -0.337 e. The van der Waals surface area contributed by atoms with Gasteiger partial charge in [-0.25, -0.2) is 4.98 Å². The summed E-state index contributed by atoms with van der Waals surface area (Å²) in [4.78, 5) is 25.7. The number of para-hydroxylation sites is 2. The molecule has 5 heteroatoms. The Hall–Kier alpha value is -3.31. The molecule has 0 spiro atoms. The second-order valence-corrected chi connectivity index (χ2v) is 7.06. The highest BCUT2D eigenvalue weighted by Gasteiger charge is 2.18. The Bertz CT molecular complexity index is 1020. The Morgan fingerprint density at radius 1 is 0.897 bits per heavy atom. The molecule has 0 saturated carbocycles. The van der Waals surface area contributed by atoms with Gasteiger partial charge >= 0.3 is 0 Å². The molecule has 0 aliphatic carbocycles. The van der Waals surface area contributed by atoms with Gasteiger partial charge in [-0.15, -0.1) is 0 Å². The van der Waals surface area contributed by atoms with Crippen LogP contribution in [0.2, 0.25) is 0 Å². The topological polar surface area (TPSA) is 49.3 Å². The molecule has 4 rings (SSSR count). The molecule has 0 unspecified atom stereocenters. The molecule has 0 bridgehead atoms. The number of carbonyl (C=O) groups excluding carboxylic acids is 1. The molecule has 146 valence electrons. The minimum absolute atomic E-state index is 0.0273. The Morgan fingerprint density at radius 2 is 1.62 bits per heavy atom. The highest BCUT2D eigenvalue weighted by atomic mass is 16.2.